The minimum absolute atomic E-state index is 0.00806. The third-order valence-electron chi connectivity index (χ3n) is 4.00. The Labute approximate surface area is 103 Å². The Balaban J connectivity index is 1.93. The van der Waals surface area contributed by atoms with Crippen LogP contribution in [0.2, 0.25) is 0 Å². The Hall–Kier alpha value is -0.890. The van der Waals surface area contributed by atoms with E-state index in [1.54, 1.807) is 6.07 Å². The predicted octanol–water partition coefficient (Wildman–Crippen LogP) is 4.10. The maximum absolute atomic E-state index is 13.2. The van der Waals surface area contributed by atoms with Gasteiger partial charge >= 0.3 is 0 Å². The summed E-state index contributed by atoms with van der Waals surface area (Å²) in [4.78, 5) is 0. The summed E-state index contributed by atoms with van der Waals surface area (Å²) in [6.45, 7) is 2.00. The molecule has 1 nitrogen and oxygen atoms in total. The average molecular weight is 235 g/mol. The van der Waals surface area contributed by atoms with Gasteiger partial charge in [-0.15, -0.1) is 0 Å². The van der Waals surface area contributed by atoms with Crippen LogP contribution in [0, 0.1) is 18.7 Å². The molecule has 1 atom stereocenters. The zero-order valence-corrected chi connectivity index (χ0v) is 10.6. The molecule has 17 heavy (non-hydrogen) atoms. The monoisotopic (exact) mass is 235 g/mol. The molecule has 1 aliphatic rings. The van der Waals surface area contributed by atoms with Crippen molar-refractivity contribution >= 4 is 0 Å². The Morgan fingerprint density at radius 3 is 2.76 bits per heavy atom. The first-order chi connectivity index (χ1) is 8.16. The second-order valence-corrected chi connectivity index (χ2v) is 5.34. The van der Waals surface area contributed by atoms with Crippen molar-refractivity contribution in [2.45, 2.75) is 51.5 Å². The fourth-order valence-electron chi connectivity index (χ4n) is 2.88. The SMILES string of the molecule is Cc1ccc(F)cc1C(N)CCC1CCCC1. The quantitative estimate of drug-likeness (QED) is 0.835. The Morgan fingerprint density at radius 1 is 1.35 bits per heavy atom. The van der Waals surface area contributed by atoms with Gasteiger partial charge in [0.15, 0.2) is 0 Å². The van der Waals surface area contributed by atoms with Gasteiger partial charge in [0.25, 0.3) is 0 Å². The van der Waals surface area contributed by atoms with Gasteiger partial charge in [-0.2, -0.15) is 0 Å². The van der Waals surface area contributed by atoms with E-state index in [4.69, 9.17) is 5.73 Å². The van der Waals surface area contributed by atoms with E-state index < -0.39 is 0 Å². The van der Waals surface area contributed by atoms with Crippen molar-refractivity contribution in [3.63, 3.8) is 0 Å². The summed E-state index contributed by atoms with van der Waals surface area (Å²) in [5, 5.41) is 0. The Kier molecular flexibility index (Phi) is 4.16. The fraction of sp³-hybridized carbons (Fsp3) is 0.600. The van der Waals surface area contributed by atoms with Gasteiger partial charge in [-0.1, -0.05) is 31.7 Å². The summed E-state index contributed by atoms with van der Waals surface area (Å²) in [5.74, 6) is 0.678. The van der Waals surface area contributed by atoms with E-state index in [0.29, 0.717) is 0 Å². The van der Waals surface area contributed by atoms with Crippen molar-refractivity contribution in [3.05, 3.63) is 35.1 Å². The van der Waals surface area contributed by atoms with Gasteiger partial charge in [-0.05, 0) is 48.9 Å². The molecule has 2 heteroatoms. The van der Waals surface area contributed by atoms with Crippen molar-refractivity contribution in [1.29, 1.82) is 0 Å². The van der Waals surface area contributed by atoms with Crippen LogP contribution in [0.4, 0.5) is 4.39 Å². The molecule has 0 spiro atoms. The number of hydrogen-bond acceptors (Lipinski definition) is 1. The summed E-state index contributed by atoms with van der Waals surface area (Å²) < 4.78 is 13.2. The zero-order chi connectivity index (χ0) is 12.3. The molecule has 0 radical (unpaired) electrons. The van der Waals surface area contributed by atoms with Gasteiger partial charge in [-0.25, -0.2) is 4.39 Å². The van der Waals surface area contributed by atoms with Gasteiger partial charge in [0.1, 0.15) is 5.82 Å². The molecule has 94 valence electrons. The highest BCUT2D eigenvalue weighted by atomic mass is 19.1. The summed E-state index contributed by atoms with van der Waals surface area (Å²) in [7, 11) is 0. The molecule has 0 bridgehead atoms. The summed E-state index contributed by atoms with van der Waals surface area (Å²) >= 11 is 0. The van der Waals surface area contributed by atoms with Gasteiger partial charge in [0, 0.05) is 6.04 Å². The first kappa shape index (κ1) is 12.6. The lowest BCUT2D eigenvalue weighted by atomic mass is 9.93. The molecule has 0 heterocycles. The third kappa shape index (κ3) is 3.29. The number of halogens is 1. The third-order valence-corrected chi connectivity index (χ3v) is 4.00. The van der Waals surface area contributed by atoms with Crippen molar-refractivity contribution < 1.29 is 4.39 Å². The first-order valence-corrected chi connectivity index (χ1v) is 6.68. The van der Waals surface area contributed by atoms with Crippen LogP contribution in [0.5, 0.6) is 0 Å². The molecule has 1 aliphatic carbocycles. The highest BCUT2D eigenvalue weighted by Gasteiger charge is 2.17. The number of hydrogen-bond donors (Lipinski definition) is 1. The smallest absolute Gasteiger partial charge is 0.123 e. The molecule has 0 saturated heterocycles. The molecule has 1 unspecified atom stereocenters. The van der Waals surface area contributed by atoms with Crippen LogP contribution in [0.15, 0.2) is 18.2 Å². The summed E-state index contributed by atoms with van der Waals surface area (Å²) in [6.07, 6.45) is 7.63. The van der Waals surface area contributed by atoms with E-state index in [2.05, 4.69) is 0 Å². The molecule has 1 aromatic carbocycles. The molecular formula is C15H22FN. The second-order valence-electron chi connectivity index (χ2n) is 5.34. The van der Waals surface area contributed by atoms with E-state index in [9.17, 15) is 4.39 Å². The van der Waals surface area contributed by atoms with E-state index in [0.717, 1.165) is 23.5 Å². The predicted molar refractivity (Wildman–Crippen MR) is 69.3 cm³/mol. The van der Waals surface area contributed by atoms with Crippen molar-refractivity contribution in [2.75, 3.05) is 0 Å². The lowest BCUT2D eigenvalue weighted by molar-refractivity contribution is 0.452. The first-order valence-electron chi connectivity index (χ1n) is 6.68. The average Bonchev–Trinajstić information content (AvgIpc) is 2.82. The van der Waals surface area contributed by atoms with Crippen LogP contribution in [0.3, 0.4) is 0 Å². The molecule has 2 rings (SSSR count). The number of benzene rings is 1. The molecule has 0 aromatic heterocycles. The maximum Gasteiger partial charge on any atom is 0.123 e. The highest BCUT2D eigenvalue weighted by molar-refractivity contribution is 5.29. The zero-order valence-electron chi connectivity index (χ0n) is 10.6. The van der Waals surface area contributed by atoms with Crippen molar-refractivity contribution in [3.8, 4) is 0 Å². The Bertz CT molecular complexity index is 369. The van der Waals surface area contributed by atoms with E-state index in [1.165, 1.54) is 38.2 Å². The maximum atomic E-state index is 13.2. The minimum Gasteiger partial charge on any atom is -0.324 e. The number of nitrogens with two attached hydrogens (primary N) is 1. The molecule has 1 fully saturated rings. The fourth-order valence-corrected chi connectivity index (χ4v) is 2.88. The molecular weight excluding hydrogens is 213 g/mol. The van der Waals surface area contributed by atoms with Crippen molar-refractivity contribution in [1.82, 2.24) is 0 Å². The largest absolute Gasteiger partial charge is 0.324 e. The van der Waals surface area contributed by atoms with Crippen LogP contribution in [-0.4, -0.2) is 0 Å². The van der Waals surface area contributed by atoms with Crippen molar-refractivity contribution in [2.24, 2.45) is 11.7 Å². The summed E-state index contributed by atoms with van der Waals surface area (Å²) in [5.41, 5.74) is 8.25. The van der Waals surface area contributed by atoms with Gasteiger partial charge in [-0.3, -0.25) is 0 Å². The molecule has 2 N–H and O–H groups in total. The Morgan fingerprint density at radius 2 is 2.06 bits per heavy atom. The van der Waals surface area contributed by atoms with Gasteiger partial charge in [0.05, 0.1) is 0 Å². The van der Waals surface area contributed by atoms with Crippen LogP contribution in [0.25, 0.3) is 0 Å². The van der Waals surface area contributed by atoms with Crippen LogP contribution >= 0.6 is 0 Å². The van der Waals surface area contributed by atoms with E-state index in [-0.39, 0.29) is 11.9 Å². The lowest BCUT2D eigenvalue weighted by Crippen LogP contribution is -2.13. The highest BCUT2D eigenvalue weighted by Crippen LogP contribution is 2.31. The lowest BCUT2D eigenvalue weighted by Gasteiger charge is -2.17. The van der Waals surface area contributed by atoms with Crippen LogP contribution in [0.1, 0.15) is 55.7 Å². The molecule has 0 aliphatic heterocycles. The summed E-state index contributed by atoms with van der Waals surface area (Å²) in [6, 6.07) is 4.91. The van der Waals surface area contributed by atoms with Gasteiger partial charge < -0.3 is 5.73 Å². The van der Waals surface area contributed by atoms with Crippen LogP contribution < -0.4 is 5.73 Å². The number of rotatable bonds is 4. The van der Waals surface area contributed by atoms with E-state index >= 15 is 0 Å². The van der Waals surface area contributed by atoms with Crippen LogP contribution in [-0.2, 0) is 0 Å². The second kappa shape index (κ2) is 5.63. The number of aryl methyl sites for hydroxylation is 1. The van der Waals surface area contributed by atoms with E-state index in [1.807, 2.05) is 13.0 Å². The topological polar surface area (TPSA) is 26.0 Å². The molecule has 1 saturated carbocycles. The molecule has 0 amide bonds. The minimum atomic E-state index is -0.179. The normalized spacial score (nSPS) is 18.5. The standard InChI is InChI=1S/C15H22FN/c1-11-6-8-13(16)10-14(11)15(17)9-7-12-4-2-3-5-12/h6,8,10,12,15H,2-5,7,9,17H2,1H3. The molecule has 1 aromatic rings. The van der Waals surface area contributed by atoms with Gasteiger partial charge in [0.2, 0.25) is 0 Å².